The van der Waals surface area contributed by atoms with Crippen LogP contribution >= 0.6 is 11.3 Å². The second kappa shape index (κ2) is 11.1. The fourth-order valence-electron chi connectivity index (χ4n) is 3.60. The summed E-state index contributed by atoms with van der Waals surface area (Å²) in [5.74, 6) is 1.52. The minimum absolute atomic E-state index is 0.274. The van der Waals surface area contributed by atoms with Crippen molar-refractivity contribution in [2.75, 3.05) is 13.7 Å². The van der Waals surface area contributed by atoms with Crippen molar-refractivity contribution >= 4 is 28.3 Å². The standard InChI is InChI=1S/C26H27N3O5S/c1-4-5-6-9-14-33-21-13-12-18(15-22(21)32-3)16-23-25(31)29-26(35-23)27-24(28-29)19-10-7-8-11-20(19)34-17(2)30/h7-8,10-13,15-16H,4-6,9,14H2,1-3H3. The van der Waals surface area contributed by atoms with Crippen molar-refractivity contribution in [2.24, 2.45) is 0 Å². The highest BCUT2D eigenvalue weighted by atomic mass is 32.1. The monoisotopic (exact) mass is 493 g/mol. The number of fused-ring (bicyclic) bond motifs is 1. The smallest absolute Gasteiger partial charge is 0.308 e. The van der Waals surface area contributed by atoms with E-state index >= 15 is 0 Å². The zero-order chi connectivity index (χ0) is 24.8. The van der Waals surface area contributed by atoms with Crippen LogP contribution in [0.15, 0.2) is 47.3 Å². The van der Waals surface area contributed by atoms with Crippen molar-refractivity contribution in [2.45, 2.75) is 39.5 Å². The summed E-state index contributed by atoms with van der Waals surface area (Å²) in [6.07, 6.45) is 6.30. The molecule has 0 fully saturated rings. The molecule has 182 valence electrons. The maximum Gasteiger partial charge on any atom is 0.308 e. The average Bonchev–Trinajstić information content (AvgIpc) is 3.38. The summed E-state index contributed by atoms with van der Waals surface area (Å²) in [4.78, 5) is 29.3. The first kappa shape index (κ1) is 24.4. The van der Waals surface area contributed by atoms with Gasteiger partial charge in [0.05, 0.1) is 23.8 Å². The van der Waals surface area contributed by atoms with Gasteiger partial charge in [-0.3, -0.25) is 9.59 Å². The fraction of sp³-hybridized carbons (Fsp3) is 0.308. The maximum absolute atomic E-state index is 13.0. The maximum atomic E-state index is 13.0. The van der Waals surface area contributed by atoms with Gasteiger partial charge in [0.15, 0.2) is 17.3 Å². The Morgan fingerprint density at radius 3 is 2.66 bits per heavy atom. The van der Waals surface area contributed by atoms with E-state index in [9.17, 15) is 9.59 Å². The molecule has 0 N–H and O–H groups in total. The van der Waals surface area contributed by atoms with Crippen molar-refractivity contribution < 1.29 is 19.0 Å². The van der Waals surface area contributed by atoms with E-state index in [-0.39, 0.29) is 5.56 Å². The van der Waals surface area contributed by atoms with Gasteiger partial charge in [0.25, 0.3) is 5.56 Å². The minimum Gasteiger partial charge on any atom is -0.493 e. The average molecular weight is 494 g/mol. The van der Waals surface area contributed by atoms with E-state index in [1.165, 1.54) is 35.6 Å². The molecular weight excluding hydrogens is 466 g/mol. The lowest BCUT2D eigenvalue weighted by Gasteiger charge is -2.11. The Balaban J connectivity index is 1.59. The van der Waals surface area contributed by atoms with Gasteiger partial charge in [0.1, 0.15) is 5.75 Å². The molecular formula is C26H27N3O5S. The number of methoxy groups -OCH3 is 1. The molecule has 0 bridgehead atoms. The minimum atomic E-state index is -0.441. The van der Waals surface area contributed by atoms with Crippen molar-refractivity contribution in [1.82, 2.24) is 14.6 Å². The Kier molecular flexibility index (Phi) is 7.77. The predicted octanol–water partition coefficient (Wildman–Crippen LogP) is 4.26. The number of hydrogen-bond donors (Lipinski definition) is 0. The zero-order valence-corrected chi connectivity index (χ0v) is 20.8. The van der Waals surface area contributed by atoms with Crippen molar-refractivity contribution in [3.8, 4) is 28.6 Å². The Morgan fingerprint density at radius 2 is 1.91 bits per heavy atom. The number of ether oxygens (including phenoxy) is 3. The van der Waals surface area contributed by atoms with Gasteiger partial charge in [-0.25, -0.2) is 0 Å². The summed E-state index contributed by atoms with van der Waals surface area (Å²) in [7, 11) is 1.60. The second-order valence-corrected chi connectivity index (χ2v) is 8.96. The van der Waals surface area contributed by atoms with Gasteiger partial charge in [-0.05, 0) is 42.3 Å². The molecule has 0 aliphatic carbocycles. The molecule has 0 radical (unpaired) electrons. The molecule has 0 saturated heterocycles. The van der Waals surface area contributed by atoms with Gasteiger partial charge < -0.3 is 14.2 Å². The van der Waals surface area contributed by atoms with Gasteiger partial charge in [0.2, 0.25) is 4.96 Å². The van der Waals surface area contributed by atoms with Crippen LogP contribution in [0.25, 0.3) is 22.4 Å². The van der Waals surface area contributed by atoms with Crippen LogP contribution in [0, 0.1) is 0 Å². The summed E-state index contributed by atoms with van der Waals surface area (Å²) in [6, 6.07) is 12.5. The second-order valence-electron chi connectivity index (χ2n) is 7.95. The zero-order valence-electron chi connectivity index (χ0n) is 19.9. The molecule has 35 heavy (non-hydrogen) atoms. The van der Waals surface area contributed by atoms with Crippen LogP contribution in [0.4, 0.5) is 0 Å². The van der Waals surface area contributed by atoms with E-state index in [2.05, 4.69) is 17.0 Å². The van der Waals surface area contributed by atoms with Crippen molar-refractivity contribution in [3.05, 3.63) is 62.9 Å². The number of rotatable bonds is 10. The lowest BCUT2D eigenvalue weighted by atomic mass is 10.2. The van der Waals surface area contributed by atoms with Crippen LogP contribution in [-0.2, 0) is 4.79 Å². The number of benzene rings is 2. The van der Waals surface area contributed by atoms with Gasteiger partial charge in [-0.15, -0.1) is 5.10 Å². The van der Waals surface area contributed by atoms with Crippen LogP contribution in [0.2, 0.25) is 0 Å². The number of para-hydroxylation sites is 1. The first-order valence-electron chi connectivity index (χ1n) is 11.5. The number of hydrogen-bond acceptors (Lipinski definition) is 8. The third kappa shape index (κ3) is 5.68. The van der Waals surface area contributed by atoms with Crippen molar-refractivity contribution in [1.29, 1.82) is 0 Å². The Labute approximate surface area is 206 Å². The summed E-state index contributed by atoms with van der Waals surface area (Å²) >= 11 is 1.23. The molecule has 2 aromatic heterocycles. The van der Waals surface area contributed by atoms with Crippen LogP contribution in [-0.4, -0.2) is 34.3 Å². The highest BCUT2D eigenvalue weighted by Crippen LogP contribution is 2.29. The summed E-state index contributed by atoms with van der Waals surface area (Å²) in [6.45, 7) is 4.15. The molecule has 2 aromatic carbocycles. The molecule has 2 heterocycles. The van der Waals surface area contributed by atoms with Gasteiger partial charge in [-0.1, -0.05) is 55.7 Å². The van der Waals surface area contributed by atoms with Gasteiger partial charge in [0, 0.05) is 6.92 Å². The van der Waals surface area contributed by atoms with E-state index in [0.29, 0.717) is 44.7 Å². The lowest BCUT2D eigenvalue weighted by Crippen LogP contribution is -2.23. The van der Waals surface area contributed by atoms with Crippen LogP contribution in [0.5, 0.6) is 17.2 Å². The van der Waals surface area contributed by atoms with Gasteiger partial charge in [-0.2, -0.15) is 9.50 Å². The number of aromatic nitrogens is 3. The molecule has 0 aliphatic rings. The first-order valence-corrected chi connectivity index (χ1v) is 12.3. The summed E-state index contributed by atoms with van der Waals surface area (Å²) in [5, 5.41) is 4.36. The molecule has 0 saturated carbocycles. The number of unbranched alkanes of at least 4 members (excludes halogenated alkanes) is 3. The fourth-order valence-corrected chi connectivity index (χ4v) is 4.51. The normalized spacial score (nSPS) is 11.7. The number of esters is 1. The van der Waals surface area contributed by atoms with E-state index < -0.39 is 5.97 Å². The molecule has 0 amide bonds. The molecule has 4 aromatic rings. The summed E-state index contributed by atoms with van der Waals surface area (Å²) < 4.78 is 18.4. The molecule has 8 nitrogen and oxygen atoms in total. The molecule has 0 aliphatic heterocycles. The summed E-state index contributed by atoms with van der Waals surface area (Å²) in [5.41, 5.74) is 1.07. The number of carbonyl (C=O) groups is 1. The van der Waals surface area contributed by atoms with E-state index in [1.807, 2.05) is 18.2 Å². The predicted molar refractivity (Wildman–Crippen MR) is 135 cm³/mol. The molecule has 0 unspecified atom stereocenters. The van der Waals surface area contributed by atoms with E-state index in [1.54, 1.807) is 37.5 Å². The quantitative estimate of drug-likeness (QED) is 0.185. The number of carbonyl (C=O) groups excluding carboxylic acids is 1. The number of thiazole rings is 1. The molecule has 9 heteroatoms. The lowest BCUT2D eigenvalue weighted by molar-refractivity contribution is -0.131. The highest BCUT2D eigenvalue weighted by molar-refractivity contribution is 7.15. The SMILES string of the molecule is CCCCCCOc1ccc(C=c2sc3nc(-c4ccccc4OC(C)=O)nn3c2=O)cc1OC. The molecule has 0 atom stereocenters. The Bertz CT molecular complexity index is 1440. The molecule has 0 spiro atoms. The van der Waals surface area contributed by atoms with Crippen LogP contribution < -0.4 is 24.3 Å². The number of nitrogens with zero attached hydrogens (tertiary/aromatic N) is 3. The molecule has 4 rings (SSSR count). The van der Waals surface area contributed by atoms with Gasteiger partial charge >= 0.3 is 5.97 Å². The van der Waals surface area contributed by atoms with E-state index in [4.69, 9.17) is 14.2 Å². The third-order valence-corrected chi connectivity index (χ3v) is 6.26. The van der Waals surface area contributed by atoms with Crippen molar-refractivity contribution in [3.63, 3.8) is 0 Å². The topological polar surface area (TPSA) is 92.0 Å². The van der Waals surface area contributed by atoms with Crippen LogP contribution in [0.3, 0.4) is 0 Å². The Hall–Kier alpha value is -3.72. The third-order valence-electron chi connectivity index (χ3n) is 5.30. The first-order chi connectivity index (χ1) is 17.0. The van der Waals surface area contributed by atoms with E-state index in [0.717, 1.165) is 18.4 Å². The largest absolute Gasteiger partial charge is 0.493 e. The van der Waals surface area contributed by atoms with Crippen LogP contribution in [0.1, 0.15) is 45.1 Å². The highest BCUT2D eigenvalue weighted by Gasteiger charge is 2.16. The Morgan fingerprint density at radius 1 is 1.09 bits per heavy atom.